The third-order valence-electron chi connectivity index (χ3n) is 2.12. The van der Waals surface area contributed by atoms with Gasteiger partial charge in [0.25, 0.3) is 0 Å². The molecule has 0 aliphatic carbocycles. The van der Waals surface area contributed by atoms with Crippen LogP contribution in [0.25, 0.3) is 0 Å². The molecule has 0 saturated heterocycles. The predicted octanol–water partition coefficient (Wildman–Crippen LogP) is 1.55. The van der Waals surface area contributed by atoms with Gasteiger partial charge in [-0.15, -0.1) is 0 Å². The van der Waals surface area contributed by atoms with Crippen LogP contribution in [0.4, 0.5) is 5.69 Å². The number of rotatable bonds is 6. The van der Waals surface area contributed by atoms with E-state index in [9.17, 15) is 18.5 Å². The van der Waals surface area contributed by atoms with Crippen LogP contribution >= 0.6 is 22.4 Å². The number of nitro groups is 1. The normalized spacial score (nSPS) is 11.7. The van der Waals surface area contributed by atoms with Crippen LogP contribution in [0, 0.1) is 10.1 Å². The van der Waals surface area contributed by atoms with Crippen molar-refractivity contribution in [1.82, 2.24) is 9.78 Å². The molecule has 0 spiro atoms. The van der Waals surface area contributed by atoms with Crippen LogP contribution in [-0.4, -0.2) is 34.6 Å². The van der Waals surface area contributed by atoms with E-state index in [1.165, 1.54) is 4.68 Å². The maximum absolute atomic E-state index is 11.0. The van der Waals surface area contributed by atoms with Crippen molar-refractivity contribution in [3.63, 3.8) is 0 Å². The Morgan fingerprint density at radius 1 is 1.56 bits per heavy atom. The third-order valence-corrected chi connectivity index (χ3v) is 4.68. The van der Waals surface area contributed by atoms with Crippen molar-refractivity contribution < 1.29 is 13.3 Å². The number of hydrogen-bond donors (Lipinski definition) is 0. The molecule has 0 fully saturated rings. The lowest BCUT2D eigenvalue weighted by Gasteiger charge is -2.00. The van der Waals surface area contributed by atoms with Crippen molar-refractivity contribution in [3.8, 4) is 0 Å². The first-order chi connectivity index (χ1) is 8.26. The zero-order chi connectivity index (χ0) is 13.9. The highest BCUT2D eigenvalue weighted by molar-refractivity contribution is 8.14. The minimum atomic E-state index is -3.59. The fraction of sp³-hybridized carbons (Fsp3) is 0.625. The van der Waals surface area contributed by atoms with E-state index in [2.05, 4.69) is 5.10 Å². The Balaban J connectivity index is 2.94. The maximum Gasteiger partial charge on any atom is 0.323 e. The molecule has 0 bridgehead atoms. The lowest BCUT2D eigenvalue weighted by Crippen LogP contribution is -2.02. The van der Waals surface area contributed by atoms with E-state index in [-0.39, 0.29) is 17.2 Å². The minimum absolute atomic E-state index is 0.0584. The second-order valence-electron chi connectivity index (χ2n) is 3.43. The second kappa shape index (κ2) is 5.89. The van der Waals surface area contributed by atoms with Crippen LogP contribution in [-0.2, 0) is 22.5 Å². The summed E-state index contributed by atoms with van der Waals surface area (Å²) in [6.07, 6.45) is 0.443. The summed E-state index contributed by atoms with van der Waals surface area (Å²) in [4.78, 5) is 10.5. The quantitative estimate of drug-likeness (QED) is 0.342. The molecule has 0 atom stereocenters. The Kier molecular flexibility index (Phi) is 5.00. The van der Waals surface area contributed by atoms with Gasteiger partial charge in [-0.2, -0.15) is 5.10 Å². The van der Waals surface area contributed by atoms with Crippen LogP contribution < -0.4 is 0 Å². The molecule has 0 unspecified atom stereocenters. The average Bonchev–Trinajstić information content (AvgIpc) is 2.54. The van der Waals surface area contributed by atoms with Crippen molar-refractivity contribution in [3.05, 3.63) is 15.8 Å². The summed E-state index contributed by atoms with van der Waals surface area (Å²) in [5, 5.41) is 15.4. The zero-order valence-corrected chi connectivity index (χ0v) is 12.2. The molecule has 0 radical (unpaired) electrons. The molecule has 102 valence electrons. The highest BCUT2D eigenvalue weighted by Crippen LogP contribution is 2.32. The second-order valence-corrected chi connectivity index (χ2v) is 7.41. The summed E-state index contributed by atoms with van der Waals surface area (Å²) in [6.45, 7) is 1.77. The predicted molar refractivity (Wildman–Crippen MR) is 69.6 cm³/mol. The lowest BCUT2D eigenvalue weighted by molar-refractivity contribution is -0.388. The van der Waals surface area contributed by atoms with Crippen molar-refractivity contribution in [2.75, 3.05) is 11.5 Å². The minimum Gasteiger partial charge on any atom is -0.258 e. The monoisotopic (exact) mass is 313 g/mol. The van der Waals surface area contributed by atoms with E-state index < -0.39 is 14.0 Å². The highest BCUT2D eigenvalue weighted by Gasteiger charge is 2.25. The molecular weight excluding hydrogens is 302 g/mol. The summed E-state index contributed by atoms with van der Waals surface area (Å²) in [5.74, 6) is -0.0988. The first kappa shape index (κ1) is 15.3. The van der Waals surface area contributed by atoms with Gasteiger partial charge in [0.1, 0.15) is 5.69 Å². The number of aryl methyl sites for hydroxylation is 2. The smallest absolute Gasteiger partial charge is 0.258 e. The molecule has 18 heavy (non-hydrogen) atoms. The van der Waals surface area contributed by atoms with Gasteiger partial charge in [0.2, 0.25) is 9.05 Å². The fourth-order valence-corrected chi connectivity index (χ4v) is 3.82. The summed E-state index contributed by atoms with van der Waals surface area (Å²) in [6, 6.07) is 0. The molecular formula is C8H12ClN3O4S2. The molecule has 0 aromatic carbocycles. The van der Waals surface area contributed by atoms with Gasteiger partial charge < -0.3 is 0 Å². The molecule has 0 aliphatic rings. The summed E-state index contributed by atoms with van der Waals surface area (Å²) in [7, 11) is 3.08. The standard InChI is InChI=1S/C8H12ClN3O4S2/c1-3-6-7(12(13)14)8(11(2)10-6)17-4-5-18(9,15)16/h3-5H2,1-2H3. The SMILES string of the molecule is CCc1nn(C)c(SCCS(=O)(=O)Cl)c1[N+](=O)[O-]. The Hall–Kier alpha value is -0.800. The first-order valence-corrected chi connectivity index (χ1v) is 8.48. The highest BCUT2D eigenvalue weighted by atomic mass is 35.7. The van der Waals surface area contributed by atoms with E-state index in [4.69, 9.17) is 10.7 Å². The van der Waals surface area contributed by atoms with E-state index in [1.54, 1.807) is 14.0 Å². The van der Waals surface area contributed by atoms with Crippen LogP contribution in [0.2, 0.25) is 0 Å². The number of aromatic nitrogens is 2. The molecule has 0 N–H and O–H groups in total. The first-order valence-electron chi connectivity index (χ1n) is 5.01. The molecule has 0 saturated carbocycles. The van der Waals surface area contributed by atoms with Gasteiger partial charge in [-0.3, -0.25) is 14.8 Å². The summed E-state index contributed by atoms with van der Waals surface area (Å²) < 4.78 is 23.0. The van der Waals surface area contributed by atoms with Crippen molar-refractivity contribution in [2.24, 2.45) is 7.05 Å². The van der Waals surface area contributed by atoms with Gasteiger partial charge in [0.05, 0.1) is 10.7 Å². The Bertz CT molecular complexity index is 555. The number of hydrogen-bond acceptors (Lipinski definition) is 6. The molecule has 1 heterocycles. The topological polar surface area (TPSA) is 95.1 Å². The molecule has 0 aliphatic heterocycles. The number of thioether (sulfide) groups is 1. The molecule has 7 nitrogen and oxygen atoms in total. The fourth-order valence-electron chi connectivity index (χ4n) is 1.37. The number of halogens is 1. The van der Waals surface area contributed by atoms with Crippen molar-refractivity contribution in [2.45, 2.75) is 18.4 Å². The Morgan fingerprint density at radius 2 is 2.17 bits per heavy atom. The van der Waals surface area contributed by atoms with E-state index in [1.807, 2.05) is 0 Å². The van der Waals surface area contributed by atoms with Gasteiger partial charge in [-0.1, -0.05) is 18.7 Å². The third kappa shape index (κ3) is 3.85. The van der Waals surface area contributed by atoms with Gasteiger partial charge in [0.15, 0.2) is 5.03 Å². The van der Waals surface area contributed by atoms with E-state index >= 15 is 0 Å². The summed E-state index contributed by atoms with van der Waals surface area (Å²) in [5.41, 5.74) is 0.329. The van der Waals surface area contributed by atoms with Gasteiger partial charge in [0, 0.05) is 23.5 Å². The average molecular weight is 314 g/mol. The Labute approximate surface area is 113 Å². The van der Waals surface area contributed by atoms with Crippen molar-refractivity contribution in [1.29, 1.82) is 0 Å². The molecule has 1 aromatic heterocycles. The summed E-state index contributed by atoms with van der Waals surface area (Å²) >= 11 is 1.06. The lowest BCUT2D eigenvalue weighted by atomic mass is 10.3. The molecule has 0 amide bonds. The van der Waals surface area contributed by atoms with Crippen LogP contribution in [0.5, 0.6) is 0 Å². The van der Waals surface area contributed by atoms with Crippen LogP contribution in [0.3, 0.4) is 0 Å². The largest absolute Gasteiger partial charge is 0.323 e. The zero-order valence-electron chi connectivity index (χ0n) is 9.79. The molecule has 1 aromatic rings. The van der Waals surface area contributed by atoms with Gasteiger partial charge in [-0.05, 0) is 6.42 Å². The van der Waals surface area contributed by atoms with Gasteiger partial charge in [-0.25, -0.2) is 8.42 Å². The maximum atomic E-state index is 11.0. The van der Waals surface area contributed by atoms with E-state index in [0.29, 0.717) is 17.1 Å². The van der Waals surface area contributed by atoms with Crippen molar-refractivity contribution >= 4 is 37.2 Å². The molecule has 10 heteroatoms. The number of nitrogens with zero attached hydrogens (tertiary/aromatic N) is 3. The molecule has 1 rings (SSSR count). The Morgan fingerprint density at radius 3 is 2.61 bits per heavy atom. The van der Waals surface area contributed by atoms with E-state index in [0.717, 1.165) is 11.8 Å². The van der Waals surface area contributed by atoms with Crippen LogP contribution in [0.1, 0.15) is 12.6 Å². The van der Waals surface area contributed by atoms with Gasteiger partial charge >= 0.3 is 5.69 Å². The van der Waals surface area contributed by atoms with Crippen LogP contribution in [0.15, 0.2) is 5.03 Å².